The summed E-state index contributed by atoms with van der Waals surface area (Å²) in [6, 6.07) is 0. The molecule has 1 nitrogen and oxygen atoms in total. The lowest BCUT2D eigenvalue weighted by Gasteiger charge is -2.15. The molecule has 0 aliphatic heterocycles. The molecule has 0 aromatic heterocycles. The van der Waals surface area contributed by atoms with Gasteiger partial charge in [0.05, 0.1) is 6.10 Å². The van der Waals surface area contributed by atoms with Gasteiger partial charge >= 0.3 is 0 Å². The fourth-order valence-corrected chi connectivity index (χ4v) is 2.32. The van der Waals surface area contributed by atoms with Crippen molar-refractivity contribution in [2.75, 3.05) is 0 Å². The number of allylic oxidation sites excluding steroid dienone is 3. The van der Waals surface area contributed by atoms with Crippen LogP contribution in [0.3, 0.4) is 0 Å². The van der Waals surface area contributed by atoms with Crippen LogP contribution in [-0.4, -0.2) is 11.2 Å². The first-order valence-electron chi connectivity index (χ1n) is 5.40. The van der Waals surface area contributed by atoms with Crippen LogP contribution in [0.2, 0.25) is 0 Å². The summed E-state index contributed by atoms with van der Waals surface area (Å²) in [6.45, 7) is 0. The van der Waals surface area contributed by atoms with E-state index in [0.29, 0.717) is 5.92 Å². The molecule has 0 heterocycles. The summed E-state index contributed by atoms with van der Waals surface area (Å²) in [4.78, 5) is 0. The fourth-order valence-electron chi connectivity index (χ4n) is 2.32. The molecule has 1 heteroatoms. The molecular weight excluding hydrogens is 160 g/mol. The van der Waals surface area contributed by atoms with E-state index in [-0.39, 0.29) is 6.10 Å². The molecule has 0 aromatic carbocycles. The van der Waals surface area contributed by atoms with Gasteiger partial charge in [-0.05, 0) is 50.0 Å². The van der Waals surface area contributed by atoms with Crippen LogP contribution in [0.4, 0.5) is 0 Å². The third-order valence-electron chi connectivity index (χ3n) is 3.13. The maximum atomic E-state index is 9.63. The minimum atomic E-state index is -0.120. The van der Waals surface area contributed by atoms with E-state index < -0.39 is 0 Å². The van der Waals surface area contributed by atoms with E-state index >= 15 is 0 Å². The van der Waals surface area contributed by atoms with Crippen LogP contribution in [0.1, 0.15) is 38.5 Å². The number of hydrogen-bond acceptors (Lipinski definition) is 1. The fraction of sp³-hybridized carbons (Fsp3) is 0.667. The zero-order valence-corrected chi connectivity index (χ0v) is 8.08. The average Bonchev–Trinajstić information content (AvgIpc) is 2.54. The molecule has 0 amide bonds. The van der Waals surface area contributed by atoms with Crippen molar-refractivity contribution in [3.63, 3.8) is 0 Å². The standard InChI is InChI=1S/C12H18O/c13-12-8-4-7-11(12)9-10-5-2-1-3-6-10/h1-2,9-10,12-13H,3-8H2/b11-9-. The van der Waals surface area contributed by atoms with E-state index in [2.05, 4.69) is 18.2 Å². The molecule has 0 bridgehead atoms. The first-order chi connectivity index (χ1) is 6.36. The van der Waals surface area contributed by atoms with Crippen molar-refractivity contribution in [1.82, 2.24) is 0 Å². The minimum Gasteiger partial charge on any atom is -0.389 e. The zero-order chi connectivity index (χ0) is 9.10. The Morgan fingerprint density at radius 3 is 2.85 bits per heavy atom. The first-order valence-corrected chi connectivity index (χ1v) is 5.40. The quantitative estimate of drug-likeness (QED) is 0.612. The Morgan fingerprint density at radius 2 is 2.23 bits per heavy atom. The monoisotopic (exact) mass is 178 g/mol. The molecule has 1 fully saturated rings. The van der Waals surface area contributed by atoms with Gasteiger partial charge in [-0.25, -0.2) is 0 Å². The summed E-state index contributed by atoms with van der Waals surface area (Å²) in [5, 5.41) is 9.63. The highest BCUT2D eigenvalue weighted by molar-refractivity contribution is 5.15. The van der Waals surface area contributed by atoms with Crippen molar-refractivity contribution in [2.24, 2.45) is 5.92 Å². The van der Waals surface area contributed by atoms with Crippen LogP contribution < -0.4 is 0 Å². The van der Waals surface area contributed by atoms with Crippen molar-refractivity contribution in [3.05, 3.63) is 23.8 Å². The van der Waals surface area contributed by atoms with Crippen LogP contribution in [-0.2, 0) is 0 Å². The molecule has 2 atom stereocenters. The van der Waals surface area contributed by atoms with E-state index in [0.717, 1.165) is 12.8 Å². The van der Waals surface area contributed by atoms with Crippen molar-refractivity contribution in [1.29, 1.82) is 0 Å². The van der Waals surface area contributed by atoms with E-state index in [1.807, 2.05) is 0 Å². The topological polar surface area (TPSA) is 20.2 Å². The Morgan fingerprint density at radius 1 is 1.31 bits per heavy atom. The van der Waals surface area contributed by atoms with Crippen molar-refractivity contribution < 1.29 is 5.11 Å². The lowest BCUT2D eigenvalue weighted by atomic mass is 9.92. The summed E-state index contributed by atoms with van der Waals surface area (Å²) < 4.78 is 0. The van der Waals surface area contributed by atoms with Crippen LogP contribution in [0, 0.1) is 5.92 Å². The zero-order valence-electron chi connectivity index (χ0n) is 8.08. The lowest BCUT2D eigenvalue weighted by Crippen LogP contribution is -2.06. The second-order valence-corrected chi connectivity index (χ2v) is 4.19. The third kappa shape index (κ3) is 2.22. The van der Waals surface area contributed by atoms with Gasteiger partial charge in [-0.15, -0.1) is 0 Å². The average molecular weight is 178 g/mol. The Labute approximate surface area is 80.2 Å². The van der Waals surface area contributed by atoms with E-state index in [1.165, 1.54) is 31.3 Å². The van der Waals surface area contributed by atoms with Crippen LogP contribution in [0.5, 0.6) is 0 Å². The normalized spacial score (nSPS) is 37.2. The number of aliphatic hydroxyl groups is 1. The molecule has 2 unspecified atom stereocenters. The molecule has 2 aliphatic rings. The molecule has 1 N–H and O–H groups in total. The molecule has 13 heavy (non-hydrogen) atoms. The minimum absolute atomic E-state index is 0.120. The van der Waals surface area contributed by atoms with Gasteiger partial charge in [-0.3, -0.25) is 0 Å². The number of aliphatic hydroxyl groups excluding tert-OH is 1. The summed E-state index contributed by atoms with van der Waals surface area (Å²) in [7, 11) is 0. The van der Waals surface area contributed by atoms with Gasteiger partial charge in [-0.1, -0.05) is 18.2 Å². The van der Waals surface area contributed by atoms with E-state index in [4.69, 9.17) is 0 Å². The van der Waals surface area contributed by atoms with Gasteiger partial charge < -0.3 is 5.11 Å². The second kappa shape index (κ2) is 4.10. The maximum Gasteiger partial charge on any atom is 0.0750 e. The van der Waals surface area contributed by atoms with Crippen LogP contribution >= 0.6 is 0 Å². The van der Waals surface area contributed by atoms with Crippen LogP contribution in [0.25, 0.3) is 0 Å². The third-order valence-corrected chi connectivity index (χ3v) is 3.13. The predicted molar refractivity (Wildman–Crippen MR) is 54.4 cm³/mol. The number of rotatable bonds is 1. The molecule has 1 saturated carbocycles. The SMILES string of the molecule is OC1CCC/C1=C/C1CC=CCC1. The van der Waals surface area contributed by atoms with Gasteiger partial charge in [0.15, 0.2) is 0 Å². The predicted octanol–water partition coefficient (Wildman–Crippen LogP) is 2.81. The first kappa shape index (κ1) is 9.01. The second-order valence-electron chi connectivity index (χ2n) is 4.19. The molecule has 2 rings (SSSR count). The molecule has 2 aliphatic carbocycles. The Hall–Kier alpha value is -0.560. The molecular formula is C12H18O. The Kier molecular flexibility index (Phi) is 2.84. The van der Waals surface area contributed by atoms with Crippen molar-refractivity contribution >= 4 is 0 Å². The highest BCUT2D eigenvalue weighted by Crippen LogP contribution is 2.29. The summed E-state index contributed by atoms with van der Waals surface area (Å²) in [6.07, 6.45) is 13.7. The van der Waals surface area contributed by atoms with Crippen LogP contribution in [0.15, 0.2) is 23.8 Å². The molecule has 0 aromatic rings. The Balaban J connectivity index is 1.97. The number of hydrogen-bond donors (Lipinski definition) is 1. The highest BCUT2D eigenvalue weighted by atomic mass is 16.3. The van der Waals surface area contributed by atoms with Crippen molar-refractivity contribution in [2.45, 2.75) is 44.6 Å². The highest BCUT2D eigenvalue weighted by Gasteiger charge is 2.19. The largest absolute Gasteiger partial charge is 0.389 e. The molecule has 72 valence electrons. The van der Waals surface area contributed by atoms with E-state index in [1.54, 1.807) is 0 Å². The van der Waals surface area contributed by atoms with Crippen molar-refractivity contribution in [3.8, 4) is 0 Å². The molecule has 0 saturated heterocycles. The maximum absolute atomic E-state index is 9.63. The van der Waals surface area contributed by atoms with E-state index in [9.17, 15) is 5.11 Å². The summed E-state index contributed by atoms with van der Waals surface area (Å²) in [5.74, 6) is 0.702. The smallest absolute Gasteiger partial charge is 0.0750 e. The van der Waals surface area contributed by atoms with Gasteiger partial charge in [0.1, 0.15) is 0 Å². The Bertz CT molecular complexity index is 227. The summed E-state index contributed by atoms with van der Waals surface area (Å²) >= 11 is 0. The van der Waals surface area contributed by atoms with Gasteiger partial charge in [-0.2, -0.15) is 0 Å². The van der Waals surface area contributed by atoms with Gasteiger partial charge in [0.2, 0.25) is 0 Å². The molecule has 0 spiro atoms. The summed E-state index contributed by atoms with van der Waals surface area (Å²) in [5.41, 5.74) is 1.31. The lowest BCUT2D eigenvalue weighted by molar-refractivity contribution is 0.217. The molecule has 0 radical (unpaired) electrons. The van der Waals surface area contributed by atoms with Gasteiger partial charge in [0, 0.05) is 0 Å². The van der Waals surface area contributed by atoms with Gasteiger partial charge in [0.25, 0.3) is 0 Å².